The predicted octanol–water partition coefficient (Wildman–Crippen LogP) is 4.83. The number of rotatable bonds is 16. The molecular formula is C34H42O12. The van der Waals surface area contributed by atoms with Crippen molar-refractivity contribution in [3.05, 3.63) is 83.4 Å². The highest BCUT2D eigenvalue weighted by Crippen LogP contribution is 2.29. The van der Waals surface area contributed by atoms with Gasteiger partial charge in [0.05, 0.1) is 33.0 Å². The fourth-order valence-electron chi connectivity index (χ4n) is 3.39. The van der Waals surface area contributed by atoms with Crippen molar-refractivity contribution in [1.29, 1.82) is 0 Å². The first-order valence-electron chi connectivity index (χ1n) is 14.4. The molecule has 0 heterocycles. The van der Waals surface area contributed by atoms with E-state index in [1.165, 1.54) is 20.3 Å². The molecule has 0 fully saturated rings. The second-order valence-electron chi connectivity index (χ2n) is 8.97. The minimum absolute atomic E-state index is 0.184. The summed E-state index contributed by atoms with van der Waals surface area (Å²) >= 11 is 0. The second-order valence-corrected chi connectivity index (χ2v) is 8.97. The number of ether oxygens (including phenoxy) is 7. The van der Waals surface area contributed by atoms with Gasteiger partial charge in [-0.1, -0.05) is 44.2 Å². The van der Waals surface area contributed by atoms with E-state index in [0.717, 1.165) is 25.5 Å². The number of hydrogen-bond donors (Lipinski definition) is 1. The summed E-state index contributed by atoms with van der Waals surface area (Å²) in [5.74, 6) is 0.127. The van der Waals surface area contributed by atoms with Crippen LogP contribution in [0.4, 0.5) is 0 Å². The summed E-state index contributed by atoms with van der Waals surface area (Å²) in [6.07, 6.45) is 2.22. The average molecular weight is 643 g/mol. The van der Waals surface area contributed by atoms with Crippen LogP contribution in [0.2, 0.25) is 0 Å². The molecule has 250 valence electrons. The molecule has 0 aliphatic rings. The van der Waals surface area contributed by atoms with Crippen molar-refractivity contribution >= 4 is 24.2 Å². The number of benzene rings is 3. The zero-order valence-corrected chi connectivity index (χ0v) is 26.8. The molecule has 0 aliphatic heterocycles. The normalized spacial score (nSPS) is 9.61. The van der Waals surface area contributed by atoms with E-state index in [2.05, 4.69) is 0 Å². The minimum Gasteiger partial charge on any atom is -0.493 e. The molecule has 1 N–H and O–H groups in total. The molecule has 3 aromatic rings. The van der Waals surface area contributed by atoms with Crippen LogP contribution in [-0.4, -0.2) is 77.1 Å². The lowest BCUT2D eigenvalue weighted by atomic mass is 10.2. The summed E-state index contributed by atoms with van der Waals surface area (Å²) < 4.78 is 36.1. The number of aliphatic hydroxyl groups excluding tert-OH is 1. The van der Waals surface area contributed by atoms with Crippen LogP contribution in [0, 0.1) is 0 Å². The number of aldehydes is 1. The van der Waals surface area contributed by atoms with Crippen LogP contribution in [0.15, 0.2) is 66.7 Å². The van der Waals surface area contributed by atoms with Crippen molar-refractivity contribution in [3.8, 4) is 23.0 Å². The minimum atomic E-state index is -0.471. The summed E-state index contributed by atoms with van der Waals surface area (Å²) in [5, 5.41) is 7.00. The molecule has 0 amide bonds. The molecule has 0 atom stereocenters. The Hall–Kier alpha value is -5.10. The van der Waals surface area contributed by atoms with Crippen molar-refractivity contribution in [2.45, 2.75) is 33.3 Å². The lowest BCUT2D eigenvalue weighted by Gasteiger charge is -2.12. The van der Waals surface area contributed by atoms with E-state index in [0.29, 0.717) is 53.6 Å². The number of esters is 3. The first-order chi connectivity index (χ1) is 22.3. The maximum absolute atomic E-state index is 12.2. The standard InChI is InChI=1S/C20H22O6.C13H16O5.CH4O/c1-3-11-24-19(21)14-25-17-10-9-16(12-18(17)23-2)20(22)26-13-15-7-5-4-6-8-15;1-3-6-17-13(15)9-18-11-5-4-10(8-14)7-12(11)16-2;1-2/h4-10,12H,3,11,13-14H2,1-2H3;4-5,7-8H,3,6,9H2,1-2H3;2H,1H3. The molecule has 0 unspecified atom stereocenters. The topological polar surface area (TPSA) is 153 Å². The van der Waals surface area contributed by atoms with Gasteiger partial charge in [-0.15, -0.1) is 0 Å². The van der Waals surface area contributed by atoms with E-state index in [9.17, 15) is 19.2 Å². The van der Waals surface area contributed by atoms with Gasteiger partial charge in [-0.2, -0.15) is 0 Å². The Morgan fingerprint density at radius 2 is 1.20 bits per heavy atom. The first kappa shape index (κ1) is 38.9. The zero-order chi connectivity index (χ0) is 34.2. The predicted molar refractivity (Wildman–Crippen MR) is 169 cm³/mol. The molecule has 0 aromatic heterocycles. The van der Waals surface area contributed by atoms with Crippen molar-refractivity contribution in [2.75, 3.05) is 47.8 Å². The van der Waals surface area contributed by atoms with E-state index < -0.39 is 17.9 Å². The molecule has 0 aliphatic carbocycles. The lowest BCUT2D eigenvalue weighted by molar-refractivity contribution is -0.146. The lowest BCUT2D eigenvalue weighted by Crippen LogP contribution is -2.15. The van der Waals surface area contributed by atoms with Crippen LogP contribution in [0.25, 0.3) is 0 Å². The van der Waals surface area contributed by atoms with Gasteiger partial charge < -0.3 is 38.3 Å². The highest BCUT2D eigenvalue weighted by Gasteiger charge is 2.14. The van der Waals surface area contributed by atoms with Crippen molar-refractivity contribution < 1.29 is 57.4 Å². The zero-order valence-electron chi connectivity index (χ0n) is 26.8. The smallest absolute Gasteiger partial charge is 0.344 e. The summed E-state index contributed by atoms with van der Waals surface area (Å²) in [5.41, 5.74) is 1.71. The third-order valence-electron chi connectivity index (χ3n) is 5.56. The largest absolute Gasteiger partial charge is 0.493 e. The number of carbonyl (C=O) groups excluding carboxylic acids is 4. The van der Waals surface area contributed by atoms with Gasteiger partial charge in [0, 0.05) is 12.7 Å². The summed E-state index contributed by atoms with van der Waals surface area (Å²) in [6.45, 7) is 4.32. The quantitative estimate of drug-likeness (QED) is 0.129. The molecule has 0 spiro atoms. The Morgan fingerprint density at radius 1 is 0.674 bits per heavy atom. The molecule has 3 aromatic carbocycles. The highest BCUT2D eigenvalue weighted by atomic mass is 16.6. The average Bonchev–Trinajstić information content (AvgIpc) is 3.11. The molecule has 0 bridgehead atoms. The SMILES string of the molecule is CCCOC(=O)COc1ccc(C(=O)OCc2ccccc2)cc1OC.CCCOC(=O)COc1ccc(C=O)cc1OC.CO. The van der Waals surface area contributed by atoms with Gasteiger partial charge in [-0.3, -0.25) is 4.79 Å². The molecule has 46 heavy (non-hydrogen) atoms. The van der Waals surface area contributed by atoms with E-state index >= 15 is 0 Å². The van der Waals surface area contributed by atoms with Crippen LogP contribution in [-0.2, 0) is 30.4 Å². The number of hydrogen-bond acceptors (Lipinski definition) is 12. The first-order valence-corrected chi connectivity index (χ1v) is 14.4. The molecular weight excluding hydrogens is 600 g/mol. The van der Waals surface area contributed by atoms with E-state index in [4.69, 9.17) is 38.3 Å². The van der Waals surface area contributed by atoms with Crippen molar-refractivity contribution in [2.24, 2.45) is 0 Å². The van der Waals surface area contributed by atoms with Crippen molar-refractivity contribution in [1.82, 2.24) is 0 Å². The van der Waals surface area contributed by atoms with Gasteiger partial charge in [0.2, 0.25) is 0 Å². The number of aliphatic hydroxyl groups is 1. The van der Waals surface area contributed by atoms with Crippen LogP contribution in [0.5, 0.6) is 23.0 Å². The number of carbonyl (C=O) groups is 4. The van der Waals surface area contributed by atoms with Gasteiger partial charge in [-0.25, -0.2) is 14.4 Å². The fourth-order valence-corrected chi connectivity index (χ4v) is 3.39. The third kappa shape index (κ3) is 14.6. The van der Waals surface area contributed by atoms with Crippen LogP contribution in [0.1, 0.15) is 53.0 Å². The van der Waals surface area contributed by atoms with E-state index in [1.54, 1.807) is 30.3 Å². The van der Waals surface area contributed by atoms with Gasteiger partial charge in [0.25, 0.3) is 0 Å². The molecule has 0 radical (unpaired) electrons. The summed E-state index contributed by atoms with van der Waals surface area (Å²) in [4.78, 5) is 45.6. The van der Waals surface area contributed by atoms with Crippen molar-refractivity contribution in [3.63, 3.8) is 0 Å². The molecule has 0 saturated carbocycles. The Balaban J connectivity index is 0.000000464. The van der Waals surface area contributed by atoms with Gasteiger partial charge in [-0.05, 0) is 54.8 Å². The monoisotopic (exact) mass is 642 g/mol. The van der Waals surface area contributed by atoms with E-state index in [1.807, 2.05) is 44.2 Å². The van der Waals surface area contributed by atoms with Gasteiger partial charge >= 0.3 is 17.9 Å². The van der Waals surface area contributed by atoms with Crippen LogP contribution < -0.4 is 18.9 Å². The molecule has 12 heteroatoms. The Labute approximate surface area is 269 Å². The summed E-state index contributed by atoms with van der Waals surface area (Å²) in [6, 6.07) is 18.7. The van der Waals surface area contributed by atoms with Crippen LogP contribution in [0.3, 0.4) is 0 Å². The third-order valence-corrected chi connectivity index (χ3v) is 5.56. The van der Waals surface area contributed by atoms with Crippen LogP contribution >= 0.6 is 0 Å². The maximum atomic E-state index is 12.2. The molecule has 0 saturated heterocycles. The number of methoxy groups -OCH3 is 2. The Kier molecular flexibility index (Phi) is 19.7. The van der Waals surface area contributed by atoms with E-state index in [-0.39, 0.29) is 19.8 Å². The molecule has 12 nitrogen and oxygen atoms in total. The Bertz CT molecular complexity index is 1340. The molecule has 3 rings (SSSR count). The van der Waals surface area contributed by atoms with Gasteiger partial charge in [0.1, 0.15) is 12.9 Å². The highest BCUT2D eigenvalue weighted by molar-refractivity contribution is 5.90. The second kappa shape index (κ2) is 23.3. The fraction of sp³-hybridized carbons (Fsp3) is 0.353. The van der Waals surface area contributed by atoms with Gasteiger partial charge in [0.15, 0.2) is 36.2 Å². The Morgan fingerprint density at radius 3 is 1.70 bits per heavy atom. The summed E-state index contributed by atoms with van der Waals surface area (Å²) in [7, 11) is 3.92. The maximum Gasteiger partial charge on any atom is 0.344 e.